The summed E-state index contributed by atoms with van der Waals surface area (Å²) in [6, 6.07) is 1.95. The van der Waals surface area contributed by atoms with Gasteiger partial charge in [-0.15, -0.1) is 0 Å². The minimum atomic E-state index is -1.17. The Kier molecular flexibility index (Phi) is 5.18. The summed E-state index contributed by atoms with van der Waals surface area (Å²) in [6.45, 7) is 1.44. The first kappa shape index (κ1) is 17.9. The fourth-order valence-electron chi connectivity index (χ4n) is 3.20. The summed E-state index contributed by atoms with van der Waals surface area (Å²) in [5.41, 5.74) is 3.45. The molecule has 2 aromatic heterocycles. The smallest absolute Gasteiger partial charge is 0.423 e. The van der Waals surface area contributed by atoms with E-state index >= 15 is 0 Å². The summed E-state index contributed by atoms with van der Waals surface area (Å²) in [5, 5.41) is 20.1. The highest BCUT2D eigenvalue weighted by Gasteiger charge is 2.29. The van der Waals surface area contributed by atoms with Crippen molar-refractivity contribution in [3.8, 4) is 6.07 Å². The largest absolute Gasteiger partial charge is 0.464 e. The van der Waals surface area contributed by atoms with Crippen LogP contribution in [0.15, 0.2) is 6.33 Å². The van der Waals surface area contributed by atoms with Gasteiger partial charge in [0, 0.05) is 13.1 Å². The number of nitrogens with one attached hydrogen (secondary N) is 1. The first-order chi connectivity index (χ1) is 12.5. The molecule has 2 aromatic rings. The van der Waals surface area contributed by atoms with E-state index in [0.717, 1.165) is 32.2 Å². The van der Waals surface area contributed by atoms with Crippen molar-refractivity contribution in [2.24, 2.45) is 0 Å². The average molecular weight is 358 g/mol. The van der Waals surface area contributed by atoms with Crippen LogP contribution in [-0.4, -0.2) is 62.3 Å². The molecule has 1 aliphatic rings. The van der Waals surface area contributed by atoms with E-state index in [0.29, 0.717) is 23.5 Å². The Morgan fingerprint density at radius 3 is 2.77 bits per heavy atom. The van der Waals surface area contributed by atoms with Crippen LogP contribution in [0.3, 0.4) is 0 Å². The van der Waals surface area contributed by atoms with Crippen molar-refractivity contribution in [2.45, 2.75) is 38.3 Å². The van der Waals surface area contributed by atoms with Gasteiger partial charge in [0.05, 0.1) is 12.4 Å². The topological polar surface area (TPSA) is 123 Å². The summed E-state index contributed by atoms with van der Waals surface area (Å²) < 4.78 is 1.86. The third-order valence-electron chi connectivity index (χ3n) is 4.47. The summed E-state index contributed by atoms with van der Waals surface area (Å²) in [5.74, 6) is 0.332. The van der Waals surface area contributed by atoms with Crippen LogP contribution in [0.1, 0.15) is 31.5 Å². The number of likely N-dealkylation sites (N-methyl/N-ethyl adjacent to an activating group) is 1. The van der Waals surface area contributed by atoms with E-state index in [1.165, 1.54) is 5.01 Å². The molecule has 3 rings (SSSR count). The Hall–Kier alpha value is -2.93. The summed E-state index contributed by atoms with van der Waals surface area (Å²) in [4.78, 5) is 26.3. The van der Waals surface area contributed by atoms with E-state index in [2.05, 4.69) is 20.4 Å². The summed E-state index contributed by atoms with van der Waals surface area (Å²) in [6.07, 6.45) is 4.25. The van der Waals surface area contributed by atoms with Crippen LogP contribution in [0.4, 0.5) is 10.6 Å². The highest BCUT2D eigenvalue weighted by Crippen LogP contribution is 2.29. The molecule has 0 atom stereocenters. The highest BCUT2D eigenvalue weighted by atomic mass is 16.4. The number of carbonyl (C=O) groups is 1. The van der Waals surface area contributed by atoms with E-state index in [-0.39, 0.29) is 11.9 Å². The number of rotatable bonds is 6. The van der Waals surface area contributed by atoms with E-state index < -0.39 is 6.09 Å². The Morgan fingerprint density at radius 1 is 1.42 bits per heavy atom. The number of fused-ring (bicyclic) bond motifs is 1. The van der Waals surface area contributed by atoms with Gasteiger partial charge in [-0.25, -0.2) is 15.2 Å². The fraction of sp³-hybridized carbons (Fsp3) is 0.562. The van der Waals surface area contributed by atoms with Crippen LogP contribution in [0, 0.1) is 11.3 Å². The second-order valence-corrected chi connectivity index (χ2v) is 6.62. The van der Waals surface area contributed by atoms with Gasteiger partial charge in [0.2, 0.25) is 5.82 Å². The molecule has 0 unspecified atom stereocenters. The molecule has 2 heterocycles. The molecule has 1 saturated carbocycles. The molecule has 26 heavy (non-hydrogen) atoms. The van der Waals surface area contributed by atoms with Gasteiger partial charge < -0.3 is 14.6 Å². The third-order valence-corrected chi connectivity index (χ3v) is 4.47. The fourth-order valence-corrected chi connectivity index (χ4v) is 3.20. The molecule has 0 spiro atoms. The Balaban J connectivity index is 2.07. The van der Waals surface area contributed by atoms with Gasteiger partial charge in [0.1, 0.15) is 6.07 Å². The number of anilines is 1. The molecule has 1 fully saturated rings. The quantitative estimate of drug-likeness (QED) is 0.738. The molecule has 1 aliphatic carbocycles. The van der Waals surface area contributed by atoms with E-state index in [9.17, 15) is 15.2 Å². The van der Waals surface area contributed by atoms with Gasteiger partial charge in [-0.3, -0.25) is 5.01 Å². The van der Waals surface area contributed by atoms with Crippen molar-refractivity contribution in [1.29, 1.82) is 5.26 Å². The van der Waals surface area contributed by atoms with Gasteiger partial charge in [0.15, 0.2) is 17.0 Å². The van der Waals surface area contributed by atoms with Gasteiger partial charge in [0.25, 0.3) is 0 Å². The number of nitriles is 1. The van der Waals surface area contributed by atoms with Crippen molar-refractivity contribution < 1.29 is 9.90 Å². The van der Waals surface area contributed by atoms with Crippen LogP contribution in [0.5, 0.6) is 0 Å². The number of nitrogens with zero attached hydrogens (tertiary/aromatic N) is 7. The zero-order valence-corrected chi connectivity index (χ0v) is 14.9. The normalized spacial score (nSPS) is 14.7. The van der Waals surface area contributed by atoms with Crippen molar-refractivity contribution in [2.75, 3.05) is 25.6 Å². The van der Waals surface area contributed by atoms with Crippen molar-refractivity contribution in [1.82, 2.24) is 29.8 Å². The third kappa shape index (κ3) is 3.67. The molecule has 0 bridgehead atoms. The van der Waals surface area contributed by atoms with Crippen LogP contribution in [0.25, 0.3) is 11.2 Å². The van der Waals surface area contributed by atoms with Crippen LogP contribution in [0.2, 0.25) is 0 Å². The Morgan fingerprint density at radius 2 is 2.15 bits per heavy atom. The van der Waals surface area contributed by atoms with Crippen molar-refractivity contribution in [3.05, 3.63) is 12.2 Å². The molecule has 2 N–H and O–H groups in total. The van der Waals surface area contributed by atoms with Crippen LogP contribution >= 0.6 is 0 Å². The van der Waals surface area contributed by atoms with Crippen LogP contribution < -0.4 is 10.4 Å². The van der Waals surface area contributed by atoms with Gasteiger partial charge in [-0.1, -0.05) is 12.8 Å². The maximum absolute atomic E-state index is 11.3. The maximum Gasteiger partial charge on any atom is 0.423 e. The zero-order valence-electron chi connectivity index (χ0n) is 14.9. The highest BCUT2D eigenvalue weighted by molar-refractivity contribution is 5.85. The first-order valence-electron chi connectivity index (χ1n) is 8.56. The van der Waals surface area contributed by atoms with Crippen LogP contribution in [-0.2, 0) is 6.54 Å². The number of hydrazine groups is 1. The second-order valence-electron chi connectivity index (χ2n) is 6.62. The molecule has 0 saturated heterocycles. The summed E-state index contributed by atoms with van der Waals surface area (Å²) in [7, 11) is 3.94. The lowest BCUT2D eigenvalue weighted by molar-refractivity contribution is 0.191. The molecule has 10 heteroatoms. The molecule has 10 nitrogen and oxygen atoms in total. The van der Waals surface area contributed by atoms with Gasteiger partial charge in [-0.2, -0.15) is 15.2 Å². The van der Waals surface area contributed by atoms with E-state index in [1.54, 1.807) is 6.33 Å². The monoisotopic (exact) mass is 358 g/mol. The minimum absolute atomic E-state index is 0.00529. The molecule has 0 radical (unpaired) electrons. The lowest BCUT2D eigenvalue weighted by Gasteiger charge is -2.28. The first-order valence-corrected chi connectivity index (χ1v) is 8.56. The molecule has 0 aliphatic heterocycles. The van der Waals surface area contributed by atoms with Crippen molar-refractivity contribution in [3.63, 3.8) is 0 Å². The number of carboxylic acid groups (broad SMARTS) is 1. The number of aromatic nitrogens is 4. The molecular weight excluding hydrogens is 336 g/mol. The van der Waals surface area contributed by atoms with E-state index in [4.69, 9.17) is 0 Å². The standard InChI is InChI=1S/C16H22N8O2/c1-22(2)7-8-23-10-18-13-14(23)19-12(9-17)20-15(13)24(21-16(25)26)11-5-3-4-6-11/h10-11,21H,3-8H2,1-2H3,(H,25,26). The molecule has 1 amide bonds. The number of hydrogen-bond acceptors (Lipinski definition) is 7. The SMILES string of the molecule is CN(C)CCn1cnc2c(N(NC(=O)O)C3CCCC3)nc(C#N)nc21. The number of amides is 1. The Labute approximate surface area is 151 Å². The second kappa shape index (κ2) is 7.53. The lowest BCUT2D eigenvalue weighted by Crippen LogP contribution is -2.48. The van der Waals surface area contributed by atoms with Gasteiger partial charge in [-0.05, 0) is 26.9 Å². The number of hydrogen-bond donors (Lipinski definition) is 2. The maximum atomic E-state index is 11.3. The molecule has 138 valence electrons. The van der Waals surface area contributed by atoms with Gasteiger partial charge >= 0.3 is 6.09 Å². The van der Waals surface area contributed by atoms with E-state index in [1.807, 2.05) is 29.6 Å². The number of imidazole rings is 1. The average Bonchev–Trinajstić information content (AvgIpc) is 3.26. The lowest BCUT2D eigenvalue weighted by atomic mass is 10.2. The predicted molar refractivity (Wildman–Crippen MR) is 94.5 cm³/mol. The summed E-state index contributed by atoms with van der Waals surface area (Å²) >= 11 is 0. The Bertz CT molecular complexity index is 835. The zero-order chi connectivity index (χ0) is 18.7. The molecular formula is C16H22N8O2. The predicted octanol–water partition coefficient (Wildman–Crippen LogP) is 1.19. The molecule has 0 aromatic carbocycles. The van der Waals surface area contributed by atoms with Crippen molar-refractivity contribution >= 4 is 23.1 Å². The minimum Gasteiger partial charge on any atom is -0.464 e.